The Morgan fingerprint density at radius 1 is 1.15 bits per heavy atom. The Hall–Kier alpha value is -2.44. The van der Waals surface area contributed by atoms with E-state index in [2.05, 4.69) is 5.32 Å². The summed E-state index contributed by atoms with van der Waals surface area (Å²) < 4.78 is 11.2. The minimum absolute atomic E-state index is 0.0919. The largest absolute Gasteiger partial charge is 0.485 e. The van der Waals surface area contributed by atoms with Crippen molar-refractivity contribution in [2.24, 2.45) is 0 Å². The smallest absolute Gasteiger partial charge is 0.267 e. The summed E-state index contributed by atoms with van der Waals surface area (Å²) in [5.41, 5.74) is 0.497. The van der Waals surface area contributed by atoms with E-state index in [1.165, 1.54) is 11.9 Å². The van der Waals surface area contributed by atoms with Crippen LogP contribution >= 0.6 is 23.2 Å². The Bertz CT molecular complexity index is 844. The van der Waals surface area contributed by atoms with Gasteiger partial charge < -0.3 is 19.7 Å². The van der Waals surface area contributed by atoms with E-state index in [0.29, 0.717) is 27.2 Å². The fourth-order valence-electron chi connectivity index (χ4n) is 2.45. The molecule has 1 heterocycles. The second-order valence-corrected chi connectivity index (χ2v) is 6.55. The van der Waals surface area contributed by atoms with Gasteiger partial charge in [-0.3, -0.25) is 9.59 Å². The molecular formula is C18H16Cl2N2O4. The zero-order valence-corrected chi connectivity index (χ0v) is 15.4. The molecule has 26 heavy (non-hydrogen) atoms. The van der Waals surface area contributed by atoms with Crippen LogP contribution < -0.4 is 14.8 Å². The lowest BCUT2D eigenvalue weighted by atomic mass is 10.2. The predicted octanol–water partition coefficient (Wildman–Crippen LogP) is 3.23. The van der Waals surface area contributed by atoms with Crippen molar-refractivity contribution in [3.63, 3.8) is 0 Å². The minimum atomic E-state index is -0.798. The molecule has 0 radical (unpaired) electrons. The first kappa shape index (κ1) is 18.4. The fraction of sp³-hybridized carbons (Fsp3) is 0.222. The van der Waals surface area contributed by atoms with Crippen LogP contribution in [0.3, 0.4) is 0 Å². The number of likely N-dealkylation sites (N-methyl/N-ethyl adjacent to an activating group) is 1. The SMILES string of the molecule is CN(CC(=O)Nc1ccc(Cl)c(Cl)c1)C(=O)[C@H]1COc2ccccc2O1. The molecule has 0 spiro atoms. The van der Waals surface area contributed by atoms with E-state index in [1.54, 1.807) is 36.4 Å². The van der Waals surface area contributed by atoms with Crippen molar-refractivity contribution < 1.29 is 19.1 Å². The normalized spacial score (nSPS) is 15.3. The first-order valence-corrected chi connectivity index (χ1v) is 8.58. The lowest BCUT2D eigenvalue weighted by Gasteiger charge is -2.28. The number of hydrogen-bond acceptors (Lipinski definition) is 4. The van der Waals surface area contributed by atoms with Crippen LogP contribution in [0.1, 0.15) is 0 Å². The average Bonchev–Trinajstić information content (AvgIpc) is 2.63. The van der Waals surface area contributed by atoms with Crippen molar-refractivity contribution in [2.45, 2.75) is 6.10 Å². The van der Waals surface area contributed by atoms with Crippen LogP contribution in [0.25, 0.3) is 0 Å². The molecule has 0 unspecified atom stereocenters. The van der Waals surface area contributed by atoms with Gasteiger partial charge in [0.1, 0.15) is 6.61 Å². The maximum atomic E-state index is 12.5. The number of anilines is 1. The quantitative estimate of drug-likeness (QED) is 0.863. The molecule has 0 saturated heterocycles. The van der Waals surface area contributed by atoms with Crippen LogP contribution in [0.2, 0.25) is 10.0 Å². The number of rotatable bonds is 4. The molecule has 2 aromatic rings. The highest BCUT2D eigenvalue weighted by Gasteiger charge is 2.30. The molecule has 2 amide bonds. The highest BCUT2D eigenvalue weighted by atomic mass is 35.5. The Labute approximate surface area is 160 Å². The number of para-hydroxylation sites is 2. The van der Waals surface area contributed by atoms with E-state index in [1.807, 2.05) is 6.07 Å². The van der Waals surface area contributed by atoms with Crippen LogP contribution in [0.4, 0.5) is 5.69 Å². The van der Waals surface area contributed by atoms with Crippen LogP contribution in [-0.2, 0) is 9.59 Å². The maximum absolute atomic E-state index is 12.5. The third kappa shape index (κ3) is 4.20. The van der Waals surface area contributed by atoms with Crippen molar-refractivity contribution in [3.8, 4) is 11.5 Å². The second-order valence-electron chi connectivity index (χ2n) is 5.74. The van der Waals surface area contributed by atoms with Gasteiger partial charge in [0, 0.05) is 12.7 Å². The van der Waals surface area contributed by atoms with Gasteiger partial charge in [-0.05, 0) is 30.3 Å². The zero-order valence-electron chi connectivity index (χ0n) is 13.9. The van der Waals surface area contributed by atoms with E-state index in [4.69, 9.17) is 32.7 Å². The molecule has 1 aliphatic heterocycles. The highest BCUT2D eigenvalue weighted by molar-refractivity contribution is 6.42. The molecule has 0 aliphatic carbocycles. The number of hydrogen-bond donors (Lipinski definition) is 1. The van der Waals surface area contributed by atoms with Gasteiger partial charge in [-0.2, -0.15) is 0 Å². The van der Waals surface area contributed by atoms with Crippen molar-refractivity contribution >= 4 is 40.7 Å². The van der Waals surface area contributed by atoms with Crippen LogP contribution in [0.15, 0.2) is 42.5 Å². The summed E-state index contributed by atoms with van der Waals surface area (Å²) in [5, 5.41) is 3.40. The summed E-state index contributed by atoms with van der Waals surface area (Å²) >= 11 is 11.8. The highest BCUT2D eigenvalue weighted by Crippen LogP contribution is 2.31. The van der Waals surface area contributed by atoms with Gasteiger partial charge in [0.25, 0.3) is 5.91 Å². The van der Waals surface area contributed by atoms with Crippen molar-refractivity contribution in [2.75, 3.05) is 25.5 Å². The summed E-state index contributed by atoms with van der Waals surface area (Å²) in [6.45, 7) is -0.0464. The maximum Gasteiger partial charge on any atom is 0.267 e. The second kappa shape index (κ2) is 7.85. The predicted molar refractivity (Wildman–Crippen MR) is 99.1 cm³/mol. The zero-order chi connectivity index (χ0) is 18.7. The van der Waals surface area contributed by atoms with Gasteiger partial charge in [-0.25, -0.2) is 0 Å². The lowest BCUT2D eigenvalue weighted by Crippen LogP contribution is -2.47. The number of nitrogens with one attached hydrogen (secondary N) is 1. The third-order valence-electron chi connectivity index (χ3n) is 3.74. The van der Waals surface area contributed by atoms with Crippen molar-refractivity contribution in [1.82, 2.24) is 4.90 Å². The Kier molecular flexibility index (Phi) is 5.54. The standard InChI is InChI=1S/C18H16Cl2N2O4/c1-22(9-17(23)21-11-6-7-12(19)13(20)8-11)18(24)16-10-25-14-4-2-3-5-15(14)26-16/h2-8,16H,9-10H2,1H3,(H,21,23)/t16-/m1/s1. The topological polar surface area (TPSA) is 67.9 Å². The number of fused-ring (bicyclic) bond motifs is 1. The summed E-state index contributed by atoms with van der Waals surface area (Å²) in [6.07, 6.45) is -0.798. The first-order chi connectivity index (χ1) is 12.4. The van der Waals surface area contributed by atoms with E-state index in [9.17, 15) is 9.59 Å². The summed E-state index contributed by atoms with van der Waals surface area (Å²) in [5.74, 6) is 0.391. The average molecular weight is 395 g/mol. The van der Waals surface area contributed by atoms with E-state index in [-0.39, 0.29) is 25.0 Å². The number of benzene rings is 2. The summed E-state index contributed by atoms with van der Waals surface area (Å²) in [4.78, 5) is 25.9. The van der Waals surface area contributed by atoms with Gasteiger partial charge in [-0.1, -0.05) is 35.3 Å². The minimum Gasteiger partial charge on any atom is -0.485 e. The van der Waals surface area contributed by atoms with Crippen LogP contribution in [0.5, 0.6) is 11.5 Å². The van der Waals surface area contributed by atoms with Gasteiger partial charge in [-0.15, -0.1) is 0 Å². The van der Waals surface area contributed by atoms with Gasteiger partial charge in [0.15, 0.2) is 11.5 Å². The van der Waals surface area contributed by atoms with Crippen LogP contribution in [-0.4, -0.2) is 43.0 Å². The summed E-state index contributed by atoms with van der Waals surface area (Å²) in [6, 6.07) is 11.9. The summed E-state index contributed by atoms with van der Waals surface area (Å²) in [7, 11) is 1.53. The van der Waals surface area contributed by atoms with Crippen molar-refractivity contribution in [3.05, 3.63) is 52.5 Å². The van der Waals surface area contributed by atoms with Gasteiger partial charge in [0.05, 0.1) is 16.6 Å². The molecule has 0 bridgehead atoms. The van der Waals surface area contributed by atoms with Gasteiger partial charge in [0.2, 0.25) is 12.0 Å². The van der Waals surface area contributed by atoms with E-state index in [0.717, 1.165) is 0 Å². The molecule has 1 atom stereocenters. The molecule has 8 heteroatoms. The van der Waals surface area contributed by atoms with Gasteiger partial charge >= 0.3 is 0 Å². The molecule has 0 fully saturated rings. The molecule has 0 aromatic heterocycles. The van der Waals surface area contributed by atoms with E-state index >= 15 is 0 Å². The number of amides is 2. The fourth-order valence-corrected chi connectivity index (χ4v) is 2.75. The Morgan fingerprint density at radius 2 is 1.88 bits per heavy atom. The molecule has 6 nitrogen and oxygen atoms in total. The molecule has 1 N–H and O–H groups in total. The number of halogens is 2. The number of ether oxygens (including phenoxy) is 2. The molecule has 3 rings (SSSR count). The Balaban J connectivity index is 1.57. The molecule has 0 saturated carbocycles. The van der Waals surface area contributed by atoms with E-state index < -0.39 is 6.10 Å². The number of carbonyl (C=O) groups is 2. The number of carbonyl (C=O) groups excluding carboxylic acids is 2. The van der Waals surface area contributed by atoms with Crippen LogP contribution in [0, 0.1) is 0 Å². The molecular weight excluding hydrogens is 379 g/mol. The molecule has 1 aliphatic rings. The third-order valence-corrected chi connectivity index (χ3v) is 4.48. The Morgan fingerprint density at radius 3 is 2.62 bits per heavy atom. The molecule has 136 valence electrons. The molecule has 2 aromatic carbocycles. The lowest BCUT2D eigenvalue weighted by molar-refractivity contribution is -0.141. The monoisotopic (exact) mass is 394 g/mol. The van der Waals surface area contributed by atoms with Crippen molar-refractivity contribution in [1.29, 1.82) is 0 Å². The first-order valence-electron chi connectivity index (χ1n) is 7.82. The number of nitrogens with zero attached hydrogens (tertiary/aromatic N) is 1.